The van der Waals surface area contributed by atoms with Crippen molar-refractivity contribution in [1.29, 1.82) is 0 Å². The van der Waals surface area contributed by atoms with Crippen molar-refractivity contribution in [2.45, 2.75) is 4.21 Å². The molecule has 2 aromatic rings. The molecule has 2 aromatic heterocycles. The second-order valence-electron chi connectivity index (χ2n) is 4.93. The van der Waals surface area contributed by atoms with Gasteiger partial charge in [-0.1, -0.05) is 6.07 Å². The molecule has 1 aliphatic heterocycles. The molecule has 0 N–H and O–H groups in total. The number of thiophene rings is 1. The molecule has 0 aliphatic carbocycles. The molecule has 3 heterocycles. The quantitative estimate of drug-likeness (QED) is 0.611. The van der Waals surface area contributed by atoms with Crippen LogP contribution in [0.5, 0.6) is 0 Å². The summed E-state index contributed by atoms with van der Waals surface area (Å²) in [4.78, 5) is 16.4. The summed E-state index contributed by atoms with van der Waals surface area (Å²) in [6.07, 6.45) is 1.50. The summed E-state index contributed by atoms with van der Waals surface area (Å²) in [5, 5.41) is 12.8. The standard InChI is InChI=1S/C13H14N4O4S2/c18-17(19)11-3-1-5-14-13(11)15-6-8-16(9-7-15)23(20,21)12-4-2-10-22-12/h1-5,10H,6-9H2. The average Bonchev–Trinajstić information content (AvgIpc) is 3.10. The summed E-state index contributed by atoms with van der Waals surface area (Å²) in [6, 6.07) is 6.19. The first-order valence-electron chi connectivity index (χ1n) is 6.88. The lowest BCUT2D eigenvalue weighted by Crippen LogP contribution is -2.48. The van der Waals surface area contributed by atoms with Gasteiger partial charge in [0.15, 0.2) is 0 Å². The number of hydrogen-bond acceptors (Lipinski definition) is 7. The fourth-order valence-corrected chi connectivity index (χ4v) is 5.02. The Balaban J connectivity index is 1.76. The van der Waals surface area contributed by atoms with Crippen LogP contribution in [0.1, 0.15) is 0 Å². The van der Waals surface area contributed by atoms with Crippen molar-refractivity contribution < 1.29 is 13.3 Å². The molecule has 1 aliphatic rings. The molecular weight excluding hydrogens is 340 g/mol. The van der Waals surface area contributed by atoms with Gasteiger partial charge in [0, 0.05) is 38.4 Å². The van der Waals surface area contributed by atoms with Gasteiger partial charge in [-0.3, -0.25) is 10.1 Å². The SMILES string of the molecule is O=[N+]([O-])c1cccnc1N1CCN(S(=O)(=O)c2cccs2)CC1. The molecule has 0 saturated carbocycles. The van der Waals surface area contributed by atoms with E-state index >= 15 is 0 Å². The van der Waals surface area contributed by atoms with Gasteiger partial charge in [0.05, 0.1) is 4.92 Å². The van der Waals surface area contributed by atoms with E-state index in [1.165, 1.54) is 34.0 Å². The largest absolute Gasteiger partial charge is 0.348 e. The third-order valence-corrected chi connectivity index (χ3v) is 6.86. The van der Waals surface area contributed by atoms with E-state index < -0.39 is 14.9 Å². The van der Waals surface area contributed by atoms with Crippen LogP contribution in [0.3, 0.4) is 0 Å². The molecule has 10 heteroatoms. The summed E-state index contributed by atoms with van der Waals surface area (Å²) < 4.78 is 26.6. The van der Waals surface area contributed by atoms with E-state index in [0.29, 0.717) is 17.3 Å². The first-order chi connectivity index (χ1) is 11.0. The van der Waals surface area contributed by atoms with Crippen molar-refractivity contribution >= 4 is 32.9 Å². The van der Waals surface area contributed by atoms with E-state index in [1.807, 2.05) is 0 Å². The van der Waals surface area contributed by atoms with Crippen LogP contribution in [0, 0.1) is 10.1 Å². The number of nitro groups is 1. The van der Waals surface area contributed by atoms with Crippen molar-refractivity contribution in [3.8, 4) is 0 Å². The van der Waals surface area contributed by atoms with Gasteiger partial charge in [-0.15, -0.1) is 11.3 Å². The lowest BCUT2D eigenvalue weighted by molar-refractivity contribution is -0.384. The van der Waals surface area contributed by atoms with Gasteiger partial charge in [0.2, 0.25) is 5.82 Å². The summed E-state index contributed by atoms with van der Waals surface area (Å²) in [7, 11) is -3.48. The smallest absolute Gasteiger partial charge is 0.311 e. The van der Waals surface area contributed by atoms with Crippen LogP contribution < -0.4 is 4.90 Å². The molecule has 3 rings (SSSR count). The van der Waals surface area contributed by atoms with Crippen LogP contribution >= 0.6 is 11.3 Å². The minimum absolute atomic E-state index is 0.0675. The Bertz CT molecular complexity index is 799. The lowest BCUT2D eigenvalue weighted by Gasteiger charge is -2.34. The fourth-order valence-electron chi connectivity index (χ4n) is 2.45. The topological polar surface area (TPSA) is 96.7 Å². The number of anilines is 1. The number of rotatable bonds is 4. The van der Waals surface area contributed by atoms with E-state index in [4.69, 9.17) is 0 Å². The average molecular weight is 354 g/mol. The minimum Gasteiger partial charge on any atom is -0.348 e. The predicted octanol–water partition coefficient (Wildman–Crippen LogP) is 1.56. The third-order valence-electron chi connectivity index (χ3n) is 3.59. The maximum atomic E-state index is 12.5. The zero-order chi connectivity index (χ0) is 16.4. The van der Waals surface area contributed by atoms with Gasteiger partial charge in [0.25, 0.3) is 10.0 Å². The highest BCUT2D eigenvalue weighted by molar-refractivity contribution is 7.91. The summed E-state index contributed by atoms with van der Waals surface area (Å²) in [5.74, 6) is 0.283. The van der Waals surface area contributed by atoms with Gasteiger partial charge in [-0.25, -0.2) is 13.4 Å². The van der Waals surface area contributed by atoms with Crippen LogP contribution in [-0.4, -0.2) is 48.8 Å². The van der Waals surface area contributed by atoms with E-state index in [2.05, 4.69) is 4.98 Å². The lowest BCUT2D eigenvalue weighted by atomic mass is 10.3. The third kappa shape index (κ3) is 3.05. The van der Waals surface area contributed by atoms with Crippen LogP contribution in [0.2, 0.25) is 0 Å². The van der Waals surface area contributed by atoms with E-state index in [1.54, 1.807) is 22.4 Å². The Hall–Kier alpha value is -2.04. The van der Waals surface area contributed by atoms with Gasteiger partial charge < -0.3 is 4.90 Å². The molecule has 23 heavy (non-hydrogen) atoms. The number of nitrogens with zero attached hydrogens (tertiary/aromatic N) is 4. The fraction of sp³-hybridized carbons (Fsp3) is 0.308. The summed E-state index contributed by atoms with van der Waals surface area (Å²) in [6.45, 7) is 1.27. The molecule has 8 nitrogen and oxygen atoms in total. The Morgan fingerprint density at radius 1 is 1.17 bits per heavy atom. The number of sulfonamides is 1. The van der Waals surface area contributed by atoms with Gasteiger partial charge >= 0.3 is 5.69 Å². The molecule has 1 saturated heterocycles. The maximum Gasteiger partial charge on any atom is 0.311 e. The molecule has 0 radical (unpaired) electrons. The van der Waals surface area contributed by atoms with Crippen molar-refractivity contribution in [3.63, 3.8) is 0 Å². The second-order valence-corrected chi connectivity index (χ2v) is 8.04. The molecule has 1 fully saturated rings. The number of piperazine rings is 1. The molecule has 0 atom stereocenters. The van der Waals surface area contributed by atoms with Crippen molar-refractivity contribution in [2.75, 3.05) is 31.1 Å². The zero-order valence-electron chi connectivity index (χ0n) is 12.0. The number of pyridine rings is 1. The molecule has 0 amide bonds. The van der Waals surface area contributed by atoms with Crippen LogP contribution in [-0.2, 0) is 10.0 Å². The maximum absolute atomic E-state index is 12.5. The highest BCUT2D eigenvalue weighted by Crippen LogP contribution is 2.27. The Morgan fingerprint density at radius 2 is 1.91 bits per heavy atom. The van der Waals surface area contributed by atoms with Gasteiger partial charge in [0.1, 0.15) is 4.21 Å². The Kier molecular flexibility index (Phi) is 4.28. The monoisotopic (exact) mass is 354 g/mol. The van der Waals surface area contributed by atoms with Crippen LogP contribution in [0.25, 0.3) is 0 Å². The highest BCUT2D eigenvalue weighted by atomic mass is 32.2. The van der Waals surface area contributed by atoms with Crippen molar-refractivity contribution in [1.82, 2.24) is 9.29 Å². The molecule has 0 unspecified atom stereocenters. The summed E-state index contributed by atoms with van der Waals surface area (Å²) in [5.41, 5.74) is -0.0675. The number of hydrogen-bond donors (Lipinski definition) is 0. The molecule has 0 spiro atoms. The molecule has 0 bridgehead atoms. The summed E-state index contributed by atoms with van der Waals surface area (Å²) >= 11 is 1.18. The van der Waals surface area contributed by atoms with Crippen LogP contribution in [0.4, 0.5) is 11.5 Å². The van der Waals surface area contributed by atoms with Gasteiger partial charge in [-0.2, -0.15) is 4.31 Å². The second kappa shape index (κ2) is 6.22. The number of aromatic nitrogens is 1. The zero-order valence-corrected chi connectivity index (χ0v) is 13.7. The Labute approximate surface area is 137 Å². The Morgan fingerprint density at radius 3 is 2.52 bits per heavy atom. The van der Waals surface area contributed by atoms with Crippen molar-refractivity contribution in [2.24, 2.45) is 0 Å². The van der Waals surface area contributed by atoms with E-state index in [0.717, 1.165) is 0 Å². The molecular formula is C13H14N4O4S2. The first kappa shape index (κ1) is 15.8. The predicted molar refractivity (Wildman–Crippen MR) is 86.2 cm³/mol. The van der Waals surface area contributed by atoms with Gasteiger partial charge in [-0.05, 0) is 17.5 Å². The normalized spacial score (nSPS) is 16.4. The molecule has 0 aromatic carbocycles. The van der Waals surface area contributed by atoms with E-state index in [9.17, 15) is 18.5 Å². The van der Waals surface area contributed by atoms with E-state index in [-0.39, 0.29) is 24.6 Å². The van der Waals surface area contributed by atoms with Crippen molar-refractivity contribution in [3.05, 3.63) is 46.0 Å². The minimum atomic E-state index is -3.48. The highest BCUT2D eigenvalue weighted by Gasteiger charge is 2.31. The van der Waals surface area contributed by atoms with Crippen LogP contribution in [0.15, 0.2) is 40.1 Å². The first-order valence-corrected chi connectivity index (χ1v) is 9.20. The molecule has 122 valence electrons.